The molecule has 1 fully saturated rings. The molecule has 8 nitrogen and oxygen atoms in total. The van der Waals surface area contributed by atoms with Crippen LogP contribution in [0.5, 0.6) is 0 Å². The second-order valence-corrected chi connectivity index (χ2v) is 4.13. The van der Waals surface area contributed by atoms with Gasteiger partial charge in [-0.3, -0.25) is 4.57 Å². The molecular weight excluding hydrogens is 238 g/mol. The number of hydrogen-bond acceptors (Lipinski definition) is 7. The Bertz CT molecular complexity index is 586. The van der Waals surface area contributed by atoms with Crippen LogP contribution >= 0.6 is 0 Å². The fourth-order valence-corrected chi connectivity index (χ4v) is 2.02. The van der Waals surface area contributed by atoms with Crippen molar-refractivity contribution >= 4 is 17.0 Å². The molecule has 0 saturated carbocycles. The molecule has 1 radical (unpaired) electrons. The van der Waals surface area contributed by atoms with Gasteiger partial charge in [-0.15, -0.1) is 0 Å². The molecule has 1 aliphatic heterocycles. The maximum Gasteiger partial charge on any atom is 0.167 e. The highest BCUT2D eigenvalue weighted by molar-refractivity contribution is 5.81. The number of nitrogens with two attached hydrogens (primary N) is 1. The summed E-state index contributed by atoms with van der Waals surface area (Å²) in [6.07, 6.45) is -0.903. The summed E-state index contributed by atoms with van der Waals surface area (Å²) in [5.41, 5.74) is 6.53. The van der Waals surface area contributed by atoms with Crippen molar-refractivity contribution in [3.05, 3.63) is 19.6 Å². The molecule has 0 unspecified atom stereocenters. The van der Waals surface area contributed by atoms with Crippen molar-refractivity contribution in [2.45, 2.75) is 24.5 Å². The Balaban J connectivity index is 2.08. The van der Waals surface area contributed by atoms with Gasteiger partial charge in [-0.2, -0.15) is 0 Å². The van der Waals surface area contributed by atoms with Gasteiger partial charge in [-0.1, -0.05) is 0 Å². The second-order valence-electron chi connectivity index (χ2n) is 4.13. The lowest BCUT2D eigenvalue weighted by Crippen LogP contribution is -2.30. The number of hydrogen-bond donors (Lipinski definition) is 3. The molecule has 1 saturated heterocycles. The number of fused-ring (bicyclic) bond motifs is 1. The average molecular weight is 250 g/mol. The first-order chi connectivity index (χ1) is 8.59. The zero-order valence-corrected chi connectivity index (χ0v) is 9.34. The lowest BCUT2D eigenvalue weighted by Gasteiger charge is -2.16. The number of aromatic nitrogens is 4. The fourth-order valence-electron chi connectivity index (χ4n) is 2.02. The van der Waals surface area contributed by atoms with Crippen LogP contribution in [0.1, 0.15) is 6.23 Å². The molecule has 3 heterocycles. The summed E-state index contributed by atoms with van der Waals surface area (Å²) in [7, 11) is 0. The predicted octanol–water partition coefficient (Wildman–Crippen LogP) is -1.14. The molecule has 0 aliphatic carbocycles. The third-order valence-corrected chi connectivity index (χ3v) is 3.00. The summed E-state index contributed by atoms with van der Waals surface area (Å²) >= 11 is 0. The SMILES string of the molecule is [CH2][C@H]1O[C@@H](n2cnc3c(N)ncnc32)[C@H](O)[C@@H]1O. The minimum atomic E-state index is -1.10. The maximum absolute atomic E-state index is 9.89. The fraction of sp³-hybridized carbons (Fsp3) is 0.400. The summed E-state index contributed by atoms with van der Waals surface area (Å²) in [5, 5.41) is 19.5. The topological polar surface area (TPSA) is 119 Å². The van der Waals surface area contributed by atoms with E-state index < -0.39 is 24.5 Å². The van der Waals surface area contributed by atoms with E-state index in [4.69, 9.17) is 10.5 Å². The van der Waals surface area contributed by atoms with Crippen molar-refractivity contribution in [1.82, 2.24) is 19.5 Å². The van der Waals surface area contributed by atoms with E-state index in [0.29, 0.717) is 11.2 Å². The van der Waals surface area contributed by atoms with E-state index in [2.05, 4.69) is 21.9 Å². The number of ether oxygens (including phenoxy) is 1. The van der Waals surface area contributed by atoms with E-state index >= 15 is 0 Å². The number of imidazole rings is 1. The van der Waals surface area contributed by atoms with Crippen LogP contribution in [-0.4, -0.2) is 48.0 Å². The van der Waals surface area contributed by atoms with E-state index in [1.54, 1.807) is 0 Å². The molecule has 18 heavy (non-hydrogen) atoms. The number of aliphatic hydroxyl groups is 2. The quantitative estimate of drug-likeness (QED) is 0.585. The largest absolute Gasteiger partial charge is 0.388 e. The van der Waals surface area contributed by atoms with Crippen LogP contribution < -0.4 is 5.73 Å². The molecule has 2 aromatic rings. The van der Waals surface area contributed by atoms with Crippen molar-refractivity contribution in [1.29, 1.82) is 0 Å². The third kappa shape index (κ3) is 1.47. The van der Waals surface area contributed by atoms with Crippen LogP contribution in [-0.2, 0) is 4.74 Å². The van der Waals surface area contributed by atoms with E-state index in [1.165, 1.54) is 17.2 Å². The Morgan fingerprint density at radius 2 is 2.06 bits per heavy atom. The summed E-state index contributed by atoms with van der Waals surface area (Å²) in [6.45, 7) is 3.60. The van der Waals surface area contributed by atoms with Crippen molar-refractivity contribution in [2.24, 2.45) is 0 Å². The Morgan fingerprint density at radius 3 is 2.72 bits per heavy atom. The van der Waals surface area contributed by atoms with Gasteiger partial charge in [0.15, 0.2) is 17.7 Å². The number of aliphatic hydroxyl groups excluding tert-OH is 2. The van der Waals surface area contributed by atoms with Crippen molar-refractivity contribution in [3.8, 4) is 0 Å². The van der Waals surface area contributed by atoms with E-state index in [0.717, 1.165) is 0 Å². The smallest absolute Gasteiger partial charge is 0.167 e. The first-order valence-electron chi connectivity index (χ1n) is 5.37. The zero-order chi connectivity index (χ0) is 12.9. The highest BCUT2D eigenvalue weighted by Crippen LogP contribution is 2.31. The predicted molar refractivity (Wildman–Crippen MR) is 61.0 cm³/mol. The molecule has 1 aliphatic rings. The summed E-state index contributed by atoms with van der Waals surface area (Å²) in [6, 6.07) is 0. The van der Waals surface area contributed by atoms with Gasteiger partial charge < -0.3 is 20.7 Å². The maximum atomic E-state index is 9.89. The molecule has 4 atom stereocenters. The van der Waals surface area contributed by atoms with Crippen LogP contribution in [0.3, 0.4) is 0 Å². The molecule has 2 aromatic heterocycles. The van der Waals surface area contributed by atoms with Gasteiger partial charge in [0.1, 0.15) is 24.1 Å². The summed E-state index contributed by atoms with van der Waals surface area (Å²) in [5.74, 6) is 0.248. The minimum absolute atomic E-state index is 0.248. The molecule has 0 amide bonds. The first kappa shape index (κ1) is 11.3. The van der Waals surface area contributed by atoms with Crippen molar-refractivity contribution in [3.63, 3.8) is 0 Å². The van der Waals surface area contributed by atoms with Crippen LogP contribution in [0.25, 0.3) is 11.2 Å². The average Bonchev–Trinajstić information content (AvgIpc) is 2.88. The summed E-state index contributed by atoms with van der Waals surface area (Å²) < 4.78 is 6.90. The molecule has 95 valence electrons. The molecule has 3 rings (SSSR count). The van der Waals surface area contributed by atoms with Crippen LogP contribution in [0.2, 0.25) is 0 Å². The summed E-state index contributed by atoms with van der Waals surface area (Å²) in [4.78, 5) is 11.9. The highest BCUT2D eigenvalue weighted by atomic mass is 16.6. The van der Waals surface area contributed by atoms with Gasteiger partial charge >= 0.3 is 0 Å². The van der Waals surface area contributed by atoms with Crippen LogP contribution in [0.4, 0.5) is 5.82 Å². The molecule has 0 aromatic carbocycles. The number of nitrogens with zero attached hydrogens (tertiary/aromatic N) is 4. The van der Waals surface area contributed by atoms with Crippen molar-refractivity contribution in [2.75, 3.05) is 5.73 Å². The lowest BCUT2D eigenvalue weighted by molar-refractivity contribution is -0.0249. The highest BCUT2D eigenvalue weighted by Gasteiger charge is 2.42. The lowest BCUT2D eigenvalue weighted by atomic mass is 10.1. The number of nitrogen functional groups attached to an aromatic ring is 1. The molecular formula is C10H12N5O3. The van der Waals surface area contributed by atoms with Gasteiger partial charge in [0, 0.05) is 0 Å². The van der Waals surface area contributed by atoms with E-state index in [-0.39, 0.29) is 5.82 Å². The van der Waals surface area contributed by atoms with Gasteiger partial charge in [-0.05, 0) is 6.92 Å². The Kier molecular flexibility index (Phi) is 2.44. The Hall–Kier alpha value is -1.77. The molecule has 8 heteroatoms. The first-order valence-corrected chi connectivity index (χ1v) is 5.37. The van der Waals surface area contributed by atoms with Gasteiger partial charge in [0.05, 0.1) is 12.4 Å². The van der Waals surface area contributed by atoms with Gasteiger partial charge in [0.2, 0.25) is 0 Å². The van der Waals surface area contributed by atoms with Crippen LogP contribution in [0.15, 0.2) is 12.7 Å². The second kappa shape index (κ2) is 3.87. The van der Waals surface area contributed by atoms with Gasteiger partial charge in [-0.25, -0.2) is 15.0 Å². The third-order valence-electron chi connectivity index (χ3n) is 3.00. The molecule has 0 bridgehead atoms. The molecule has 4 N–H and O–H groups in total. The van der Waals surface area contributed by atoms with Crippen LogP contribution in [0, 0.1) is 6.92 Å². The normalized spacial score (nSPS) is 32.2. The Labute approximate surface area is 102 Å². The number of anilines is 1. The van der Waals surface area contributed by atoms with E-state index in [1.807, 2.05) is 0 Å². The minimum Gasteiger partial charge on any atom is -0.388 e. The van der Waals surface area contributed by atoms with E-state index in [9.17, 15) is 10.2 Å². The standard InChI is InChI=1S/C10H12N5O3/c1-4-6(16)7(17)10(18-4)15-3-14-5-8(11)12-2-13-9(5)15/h2-4,6-7,10,16-17H,1H2,(H2,11,12,13)/t4-,6-,7-,10-/m1/s1. The van der Waals surface area contributed by atoms with Gasteiger partial charge in [0.25, 0.3) is 0 Å². The zero-order valence-electron chi connectivity index (χ0n) is 9.34. The monoisotopic (exact) mass is 250 g/mol. The van der Waals surface area contributed by atoms with Crippen molar-refractivity contribution < 1.29 is 14.9 Å². The number of rotatable bonds is 1. The Morgan fingerprint density at radius 1 is 1.28 bits per heavy atom. The molecule has 0 spiro atoms.